The van der Waals surface area contributed by atoms with Crippen molar-refractivity contribution in [3.05, 3.63) is 133 Å². The lowest BCUT2D eigenvalue weighted by Gasteiger charge is -2.18. The first-order valence-corrected chi connectivity index (χ1v) is 14.5. The largest absolute Gasteiger partial charge is 0.456 e. The van der Waals surface area contributed by atoms with Gasteiger partial charge in [-0.2, -0.15) is 0 Å². The van der Waals surface area contributed by atoms with E-state index in [1.807, 2.05) is 0 Å². The number of fused-ring (bicyclic) bond motifs is 8. The average Bonchev–Trinajstić information content (AvgIpc) is 3.64. The second kappa shape index (κ2) is 8.29. The SMILES string of the molecule is c1ccc2cc(-c3c4ccccc4c(-c4cccc5oc6ccc7sccc7c6c45)c4ccccc34)ccc2c1. The number of rotatable bonds is 2. The Hall–Kier alpha value is -4.92. The smallest absolute Gasteiger partial charge is 0.136 e. The van der Waals surface area contributed by atoms with Gasteiger partial charge in [-0.15, -0.1) is 11.3 Å². The molecule has 0 bridgehead atoms. The van der Waals surface area contributed by atoms with Crippen LogP contribution in [0.1, 0.15) is 0 Å². The number of thiophene rings is 1. The standard InChI is InChI=1S/C38H22OS/c1-2-9-24-22-25(17-16-23(24)8-1)35-26-10-3-5-12-28(26)36(29-13-6-4-11-27(29)35)31-14-7-15-32-38(31)37-30-20-21-40-34(30)19-18-33(37)39-32/h1-22H. The van der Waals surface area contributed by atoms with Gasteiger partial charge in [0.25, 0.3) is 0 Å². The molecule has 1 nitrogen and oxygen atoms in total. The summed E-state index contributed by atoms with van der Waals surface area (Å²) in [5, 5.41) is 13.4. The molecule has 9 rings (SSSR count). The maximum absolute atomic E-state index is 6.45. The monoisotopic (exact) mass is 526 g/mol. The van der Waals surface area contributed by atoms with E-state index in [-0.39, 0.29) is 0 Å². The van der Waals surface area contributed by atoms with Crippen LogP contribution >= 0.6 is 11.3 Å². The van der Waals surface area contributed by atoms with E-state index in [2.05, 4.69) is 133 Å². The van der Waals surface area contributed by atoms with Crippen molar-refractivity contribution in [2.75, 3.05) is 0 Å². The van der Waals surface area contributed by atoms with E-state index < -0.39 is 0 Å². The van der Waals surface area contributed by atoms with Gasteiger partial charge in [0.05, 0.1) is 0 Å². The van der Waals surface area contributed by atoms with E-state index >= 15 is 0 Å². The molecule has 0 atom stereocenters. The number of hydrogen-bond donors (Lipinski definition) is 0. The normalized spacial score (nSPS) is 12.0. The predicted octanol–water partition coefficient (Wildman–Crippen LogP) is 11.6. The molecule has 0 aliphatic carbocycles. The highest BCUT2D eigenvalue weighted by Gasteiger charge is 2.21. The van der Waals surface area contributed by atoms with E-state index in [4.69, 9.17) is 4.42 Å². The third kappa shape index (κ3) is 3.03. The van der Waals surface area contributed by atoms with Crippen LogP contribution in [0, 0.1) is 0 Å². The summed E-state index contributed by atoms with van der Waals surface area (Å²) in [6.07, 6.45) is 0. The van der Waals surface area contributed by atoms with Gasteiger partial charge in [0.1, 0.15) is 11.2 Å². The Morgan fingerprint density at radius 3 is 1.90 bits per heavy atom. The molecule has 2 heteroatoms. The summed E-state index contributed by atoms with van der Waals surface area (Å²) in [6.45, 7) is 0. The first kappa shape index (κ1) is 22.0. The second-order valence-corrected chi connectivity index (χ2v) is 11.4. The Bertz CT molecular complexity index is 2380. The third-order valence-electron chi connectivity index (χ3n) is 8.33. The summed E-state index contributed by atoms with van der Waals surface area (Å²) in [4.78, 5) is 0. The Kier molecular flexibility index (Phi) is 4.55. The van der Waals surface area contributed by atoms with Crippen molar-refractivity contribution >= 4 is 75.7 Å². The molecule has 0 fully saturated rings. The molecule has 7 aromatic carbocycles. The molecule has 0 aliphatic heterocycles. The van der Waals surface area contributed by atoms with Gasteiger partial charge in [-0.3, -0.25) is 0 Å². The van der Waals surface area contributed by atoms with Gasteiger partial charge in [0.15, 0.2) is 0 Å². The van der Waals surface area contributed by atoms with Gasteiger partial charge in [0.2, 0.25) is 0 Å². The summed E-state index contributed by atoms with van der Waals surface area (Å²) in [7, 11) is 0. The minimum absolute atomic E-state index is 0.929. The van der Waals surface area contributed by atoms with E-state index in [9.17, 15) is 0 Å². The summed E-state index contributed by atoms with van der Waals surface area (Å²) in [5.41, 5.74) is 6.87. The first-order valence-electron chi connectivity index (χ1n) is 13.6. The molecule has 0 saturated carbocycles. The Morgan fingerprint density at radius 2 is 1.12 bits per heavy atom. The molecule has 0 radical (unpaired) electrons. The van der Waals surface area contributed by atoms with Crippen LogP contribution in [0.15, 0.2) is 137 Å². The number of hydrogen-bond acceptors (Lipinski definition) is 2. The van der Waals surface area contributed by atoms with Crippen LogP contribution in [0.2, 0.25) is 0 Å². The van der Waals surface area contributed by atoms with Crippen LogP contribution in [0.4, 0.5) is 0 Å². The molecule has 0 spiro atoms. The second-order valence-electron chi connectivity index (χ2n) is 10.5. The lowest BCUT2D eigenvalue weighted by molar-refractivity contribution is 0.669. The van der Waals surface area contributed by atoms with Crippen molar-refractivity contribution in [1.82, 2.24) is 0 Å². The fourth-order valence-corrected chi connectivity index (χ4v) is 7.44. The highest BCUT2D eigenvalue weighted by Crippen LogP contribution is 2.48. The molecule has 9 aromatic rings. The van der Waals surface area contributed by atoms with Crippen LogP contribution in [0.3, 0.4) is 0 Å². The molecule has 0 aliphatic rings. The quantitative estimate of drug-likeness (QED) is 0.204. The van der Waals surface area contributed by atoms with Gasteiger partial charge < -0.3 is 4.42 Å². The highest BCUT2D eigenvalue weighted by atomic mass is 32.1. The van der Waals surface area contributed by atoms with Gasteiger partial charge in [-0.05, 0) is 90.3 Å². The van der Waals surface area contributed by atoms with Crippen LogP contribution in [0.5, 0.6) is 0 Å². The van der Waals surface area contributed by atoms with Crippen molar-refractivity contribution in [1.29, 1.82) is 0 Å². The van der Waals surface area contributed by atoms with E-state index in [0.717, 1.165) is 11.2 Å². The summed E-state index contributed by atoms with van der Waals surface area (Å²) >= 11 is 1.78. The molecule has 0 N–H and O–H groups in total. The Balaban J connectivity index is 1.46. The zero-order valence-corrected chi connectivity index (χ0v) is 22.3. The lowest BCUT2D eigenvalue weighted by Crippen LogP contribution is -1.91. The van der Waals surface area contributed by atoms with E-state index in [1.165, 1.54) is 75.4 Å². The molecule has 2 heterocycles. The minimum atomic E-state index is 0.929. The van der Waals surface area contributed by atoms with Crippen LogP contribution < -0.4 is 0 Å². The maximum Gasteiger partial charge on any atom is 0.136 e. The first-order chi connectivity index (χ1) is 19.8. The number of benzene rings is 7. The van der Waals surface area contributed by atoms with Crippen molar-refractivity contribution in [3.63, 3.8) is 0 Å². The fraction of sp³-hybridized carbons (Fsp3) is 0. The maximum atomic E-state index is 6.45. The van der Waals surface area contributed by atoms with Crippen molar-refractivity contribution in [2.24, 2.45) is 0 Å². The van der Waals surface area contributed by atoms with Crippen LogP contribution in [0.25, 0.3) is 86.6 Å². The molecule has 40 heavy (non-hydrogen) atoms. The summed E-state index contributed by atoms with van der Waals surface area (Å²) in [6, 6.07) is 46.2. The zero-order chi connectivity index (χ0) is 26.2. The molecular formula is C38H22OS. The van der Waals surface area contributed by atoms with E-state index in [0.29, 0.717) is 0 Å². The summed E-state index contributed by atoms with van der Waals surface area (Å²) < 4.78 is 7.74. The lowest BCUT2D eigenvalue weighted by atomic mass is 9.84. The Labute approximate surface area is 234 Å². The highest BCUT2D eigenvalue weighted by molar-refractivity contribution is 7.17. The van der Waals surface area contributed by atoms with Crippen LogP contribution in [-0.2, 0) is 0 Å². The topological polar surface area (TPSA) is 13.1 Å². The predicted molar refractivity (Wildman–Crippen MR) is 172 cm³/mol. The van der Waals surface area contributed by atoms with Gasteiger partial charge in [-0.1, -0.05) is 97.1 Å². The van der Waals surface area contributed by atoms with Crippen molar-refractivity contribution < 1.29 is 4.42 Å². The van der Waals surface area contributed by atoms with Crippen molar-refractivity contribution in [2.45, 2.75) is 0 Å². The zero-order valence-electron chi connectivity index (χ0n) is 21.5. The fourth-order valence-electron chi connectivity index (χ4n) is 6.64. The molecular weight excluding hydrogens is 504 g/mol. The van der Waals surface area contributed by atoms with E-state index in [1.54, 1.807) is 11.3 Å². The summed E-state index contributed by atoms with van der Waals surface area (Å²) in [5.74, 6) is 0. The third-order valence-corrected chi connectivity index (χ3v) is 9.21. The molecule has 0 amide bonds. The Morgan fingerprint density at radius 1 is 0.450 bits per heavy atom. The molecule has 186 valence electrons. The van der Waals surface area contributed by atoms with Crippen molar-refractivity contribution in [3.8, 4) is 22.3 Å². The van der Waals surface area contributed by atoms with Gasteiger partial charge >= 0.3 is 0 Å². The van der Waals surface area contributed by atoms with Gasteiger partial charge in [0, 0.05) is 20.9 Å². The van der Waals surface area contributed by atoms with Gasteiger partial charge in [-0.25, -0.2) is 0 Å². The minimum Gasteiger partial charge on any atom is -0.456 e. The molecule has 0 saturated heterocycles. The van der Waals surface area contributed by atoms with Crippen LogP contribution in [-0.4, -0.2) is 0 Å². The molecule has 2 aromatic heterocycles. The molecule has 0 unspecified atom stereocenters. The average molecular weight is 527 g/mol. The number of furan rings is 1.